The van der Waals surface area contributed by atoms with Gasteiger partial charge in [0, 0.05) is 7.05 Å². The Balaban J connectivity index is 3.14. The lowest BCUT2D eigenvalue weighted by molar-refractivity contribution is 0.415. The van der Waals surface area contributed by atoms with E-state index in [-0.39, 0.29) is 0 Å². The summed E-state index contributed by atoms with van der Waals surface area (Å²) in [6, 6.07) is 3.96. The molecular weight excluding hydrogens is 210 g/mol. The summed E-state index contributed by atoms with van der Waals surface area (Å²) in [4.78, 5) is 0. The number of halogens is 1. The number of allylic oxidation sites excluding steroid dienone is 1. The molecule has 3 heteroatoms. The van der Waals surface area contributed by atoms with Crippen molar-refractivity contribution < 1.29 is 4.74 Å². The third-order valence-electron chi connectivity index (χ3n) is 2.09. The van der Waals surface area contributed by atoms with Crippen LogP contribution < -0.4 is 10.1 Å². The van der Waals surface area contributed by atoms with Crippen molar-refractivity contribution in [1.29, 1.82) is 0 Å². The zero-order chi connectivity index (χ0) is 11.4. The highest BCUT2D eigenvalue weighted by molar-refractivity contribution is 6.34. The normalized spacial score (nSPS) is 9.87. The summed E-state index contributed by atoms with van der Waals surface area (Å²) in [5, 5.41) is 3.66. The van der Waals surface area contributed by atoms with Crippen molar-refractivity contribution in [2.75, 3.05) is 19.5 Å². The zero-order valence-electron chi connectivity index (χ0n) is 9.36. The zero-order valence-corrected chi connectivity index (χ0v) is 10.1. The smallest absolute Gasteiger partial charge is 0.139 e. The van der Waals surface area contributed by atoms with Crippen LogP contribution >= 0.6 is 11.6 Å². The van der Waals surface area contributed by atoms with E-state index in [1.165, 1.54) is 0 Å². The van der Waals surface area contributed by atoms with E-state index in [9.17, 15) is 0 Å². The molecule has 0 radical (unpaired) electrons. The van der Waals surface area contributed by atoms with E-state index < -0.39 is 0 Å². The van der Waals surface area contributed by atoms with E-state index >= 15 is 0 Å². The van der Waals surface area contributed by atoms with Crippen molar-refractivity contribution in [1.82, 2.24) is 0 Å². The van der Waals surface area contributed by atoms with E-state index in [2.05, 4.69) is 11.9 Å². The van der Waals surface area contributed by atoms with Crippen molar-refractivity contribution in [3.8, 4) is 5.75 Å². The van der Waals surface area contributed by atoms with Gasteiger partial charge >= 0.3 is 0 Å². The van der Waals surface area contributed by atoms with Gasteiger partial charge in [-0.3, -0.25) is 0 Å². The largest absolute Gasteiger partial charge is 0.495 e. The summed E-state index contributed by atoms with van der Waals surface area (Å²) in [6.45, 7) is 5.89. The highest BCUT2D eigenvalue weighted by Gasteiger charge is 2.08. The summed E-state index contributed by atoms with van der Waals surface area (Å²) in [7, 11) is 3.45. The van der Waals surface area contributed by atoms with Crippen molar-refractivity contribution >= 4 is 17.3 Å². The van der Waals surface area contributed by atoms with Crippen LogP contribution in [0.2, 0.25) is 5.02 Å². The Kier molecular flexibility index (Phi) is 4.04. The molecule has 0 bridgehead atoms. The highest BCUT2D eigenvalue weighted by Crippen LogP contribution is 2.33. The van der Waals surface area contributed by atoms with E-state index in [4.69, 9.17) is 16.3 Å². The molecule has 1 aromatic carbocycles. The molecule has 0 heterocycles. The Bertz CT molecular complexity index is 349. The second kappa shape index (κ2) is 5.08. The Morgan fingerprint density at radius 1 is 1.53 bits per heavy atom. The lowest BCUT2D eigenvalue weighted by Crippen LogP contribution is -1.96. The van der Waals surface area contributed by atoms with Gasteiger partial charge in [-0.25, -0.2) is 0 Å². The molecule has 0 aliphatic rings. The van der Waals surface area contributed by atoms with Crippen LogP contribution in [0.5, 0.6) is 5.75 Å². The molecule has 0 unspecified atom stereocenters. The molecule has 0 aliphatic carbocycles. The number of ether oxygens (including phenoxy) is 1. The maximum atomic E-state index is 6.11. The molecule has 1 N–H and O–H groups in total. The van der Waals surface area contributed by atoms with E-state index in [0.29, 0.717) is 10.8 Å². The van der Waals surface area contributed by atoms with Crippen LogP contribution in [0.15, 0.2) is 24.3 Å². The Morgan fingerprint density at radius 2 is 2.20 bits per heavy atom. The fraction of sp³-hybridized carbons (Fsp3) is 0.333. The minimum absolute atomic E-state index is 0.616. The summed E-state index contributed by atoms with van der Waals surface area (Å²) >= 11 is 6.11. The van der Waals surface area contributed by atoms with Crippen LogP contribution in [0.1, 0.15) is 12.5 Å². The maximum Gasteiger partial charge on any atom is 0.139 e. The van der Waals surface area contributed by atoms with E-state index in [1.807, 2.05) is 26.1 Å². The monoisotopic (exact) mass is 225 g/mol. The molecule has 0 saturated carbocycles. The van der Waals surface area contributed by atoms with Gasteiger partial charge in [-0.05, 0) is 31.0 Å². The summed E-state index contributed by atoms with van der Waals surface area (Å²) in [6.07, 6.45) is 0.836. The Morgan fingerprint density at radius 3 is 2.67 bits per heavy atom. The number of rotatable bonds is 4. The molecular formula is C12H16ClNO. The third-order valence-corrected chi connectivity index (χ3v) is 2.48. The van der Waals surface area contributed by atoms with Crippen molar-refractivity contribution in [3.05, 3.63) is 34.9 Å². The van der Waals surface area contributed by atoms with Gasteiger partial charge in [-0.2, -0.15) is 0 Å². The average Bonchev–Trinajstić information content (AvgIpc) is 2.19. The molecule has 0 fully saturated rings. The van der Waals surface area contributed by atoms with Crippen molar-refractivity contribution in [2.24, 2.45) is 0 Å². The molecule has 0 aromatic heterocycles. The van der Waals surface area contributed by atoms with Crippen LogP contribution in [0, 0.1) is 0 Å². The molecule has 0 atom stereocenters. The van der Waals surface area contributed by atoms with Gasteiger partial charge in [0.25, 0.3) is 0 Å². The van der Waals surface area contributed by atoms with Gasteiger partial charge in [0.15, 0.2) is 0 Å². The third kappa shape index (κ3) is 2.90. The Hall–Kier alpha value is -1.15. The lowest BCUT2D eigenvalue weighted by atomic mass is 10.1. The van der Waals surface area contributed by atoms with Crippen LogP contribution in [-0.2, 0) is 6.42 Å². The molecule has 1 aromatic rings. The minimum Gasteiger partial charge on any atom is -0.495 e. The Labute approximate surface area is 95.9 Å². The van der Waals surface area contributed by atoms with Crippen LogP contribution in [-0.4, -0.2) is 14.2 Å². The molecule has 0 saturated heterocycles. The molecule has 82 valence electrons. The molecule has 1 rings (SSSR count). The van der Waals surface area contributed by atoms with Gasteiger partial charge in [-0.1, -0.05) is 23.8 Å². The second-order valence-electron chi connectivity index (χ2n) is 3.54. The number of nitrogens with one attached hydrogen (secondary N) is 1. The molecule has 0 aliphatic heterocycles. The predicted octanol–water partition coefficient (Wildman–Crippen LogP) is 3.51. The number of methoxy groups -OCH3 is 1. The fourth-order valence-electron chi connectivity index (χ4n) is 1.44. The number of benzene rings is 1. The molecule has 0 amide bonds. The quantitative estimate of drug-likeness (QED) is 0.792. The lowest BCUT2D eigenvalue weighted by Gasteiger charge is -2.11. The summed E-state index contributed by atoms with van der Waals surface area (Å²) in [5.74, 6) is 0.694. The first-order valence-corrected chi connectivity index (χ1v) is 5.14. The van der Waals surface area contributed by atoms with Crippen LogP contribution in [0.3, 0.4) is 0 Å². The van der Waals surface area contributed by atoms with Gasteiger partial charge < -0.3 is 10.1 Å². The predicted molar refractivity (Wildman–Crippen MR) is 66.1 cm³/mol. The first kappa shape index (κ1) is 11.9. The van der Waals surface area contributed by atoms with Gasteiger partial charge in [0.1, 0.15) is 10.8 Å². The van der Waals surface area contributed by atoms with Gasteiger partial charge in [0.05, 0.1) is 12.8 Å². The van der Waals surface area contributed by atoms with Crippen LogP contribution in [0.25, 0.3) is 0 Å². The molecule has 15 heavy (non-hydrogen) atoms. The highest BCUT2D eigenvalue weighted by atomic mass is 35.5. The minimum atomic E-state index is 0.616. The fourth-order valence-corrected chi connectivity index (χ4v) is 1.72. The first-order chi connectivity index (χ1) is 7.08. The van der Waals surface area contributed by atoms with E-state index in [1.54, 1.807) is 7.11 Å². The number of hydrogen-bond acceptors (Lipinski definition) is 2. The topological polar surface area (TPSA) is 21.3 Å². The van der Waals surface area contributed by atoms with E-state index in [0.717, 1.165) is 23.2 Å². The first-order valence-electron chi connectivity index (χ1n) is 4.77. The maximum absolute atomic E-state index is 6.11. The average molecular weight is 226 g/mol. The van der Waals surface area contributed by atoms with Crippen molar-refractivity contribution in [3.63, 3.8) is 0 Å². The van der Waals surface area contributed by atoms with Crippen LogP contribution in [0.4, 0.5) is 5.69 Å². The molecule has 2 nitrogen and oxygen atoms in total. The summed E-state index contributed by atoms with van der Waals surface area (Å²) < 4.78 is 5.21. The van der Waals surface area contributed by atoms with Gasteiger partial charge in [-0.15, -0.1) is 0 Å². The second-order valence-corrected chi connectivity index (χ2v) is 3.92. The standard InChI is InChI=1S/C12H16ClNO/c1-8(2)5-9-6-10(14-3)12(13)11(7-9)15-4/h6-7,14H,1,5H2,2-4H3. The SMILES string of the molecule is C=C(C)Cc1cc(NC)c(Cl)c(OC)c1. The number of hydrogen-bond donors (Lipinski definition) is 1. The summed E-state index contributed by atoms with van der Waals surface area (Å²) in [5.41, 5.74) is 3.14. The van der Waals surface area contributed by atoms with Crippen molar-refractivity contribution in [2.45, 2.75) is 13.3 Å². The number of anilines is 1. The molecule has 0 spiro atoms. The van der Waals surface area contributed by atoms with Gasteiger partial charge in [0.2, 0.25) is 0 Å².